The lowest BCUT2D eigenvalue weighted by Gasteiger charge is -2.09. The van der Waals surface area contributed by atoms with Crippen molar-refractivity contribution >= 4 is 17.0 Å². The van der Waals surface area contributed by atoms with Crippen molar-refractivity contribution in [1.29, 1.82) is 0 Å². The highest BCUT2D eigenvalue weighted by Gasteiger charge is 2.20. The Kier molecular flexibility index (Phi) is 8.37. The number of fused-ring (bicyclic) bond motifs is 1. The first-order chi connectivity index (χ1) is 19.8. The number of aromatic nitrogens is 2. The average molecular weight is 559 g/mol. The highest BCUT2D eigenvalue weighted by Crippen LogP contribution is 2.34. The largest absolute Gasteiger partial charge is 0.478 e. The molecule has 5 rings (SSSR count). The lowest BCUT2D eigenvalue weighted by Crippen LogP contribution is -2.03. The van der Waals surface area contributed by atoms with Crippen molar-refractivity contribution < 1.29 is 32.9 Å². The molecule has 0 bridgehead atoms. The second-order valence-electron chi connectivity index (χ2n) is 9.39. The van der Waals surface area contributed by atoms with E-state index in [4.69, 9.17) is 14.2 Å². The molecule has 1 heterocycles. The Labute approximate surface area is 235 Å². The number of nitrogens with zero attached hydrogens (tertiary/aromatic N) is 1. The number of benzene rings is 4. The van der Waals surface area contributed by atoms with Gasteiger partial charge in [0.25, 0.3) is 6.01 Å². The van der Waals surface area contributed by atoms with Crippen LogP contribution in [-0.4, -0.2) is 40.9 Å². The van der Waals surface area contributed by atoms with Crippen LogP contribution in [0.1, 0.15) is 28.4 Å². The third-order valence-electron chi connectivity index (χ3n) is 6.61. The van der Waals surface area contributed by atoms with E-state index < -0.39 is 17.6 Å². The Hall–Kier alpha value is -4.60. The van der Waals surface area contributed by atoms with Gasteiger partial charge in [0.15, 0.2) is 5.82 Å². The molecule has 7 nitrogen and oxygen atoms in total. The molecule has 0 atom stereocenters. The summed E-state index contributed by atoms with van der Waals surface area (Å²) in [5, 5.41) is 9.34. The van der Waals surface area contributed by atoms with E-state index in [-0.39, 0.29) is 33.9 Å². The number of rotatable bonds is 11. The molecule has 0 spiro atoms. The van der Waals surface area contributed by atoms with Gasteiger partial charge >= 0.3 is 5.97 Å². The number of nitrogens with one attached hydrogen (secondary N) is 1. The number of H-pyrrole nitrogens is 1. The SMILES string of the molecule is CCOCCOCc1ccc(-c2ccc(-c3c(F)cc4[nH]c(Oc5ccc(C)c(C(=O)O)c5)nc4c3F)cc2)cc1. The quantitative estimate of drug-likeness (QED) is 0.163. The number of carboxylic acids is 1. The number of hydrogen-bond acceptors (Lipinski definition) is 5. The normalized spacial score (nSPS) is 11.2. The Bertz CT molecular complexity index is 1680. The van der Waals surface area contributed by atoms with Crippen molar-refractivity contribution in [3.8, 4) is 34.0 Å². The van der Waals surface area contributed by atoms with Crippen molar-refractivity contribution in [2.45, 2.75) is 20.5 Å². The third-order valence-corrected chi connectivity index (χ3v) is 6.61. The first kappa shape index (κ1) is 27.9. The topological polar surface area (TPSA) is 93.7 Å². The first-order valence-corrected chi connectivity index (χ1v) is 13.1. The van der Waals surface area contributed by atoms with Gasteiger partial charge in [-0.25, -0.2) is 13.6 Å². The first-order valence-electron chi connectivity index (χ1n) is 13.1. The minimum atomic E-state index is -1.10. The zero-order valence-electron chi connectivity index (χ0n) is 22.5. The van der Waals surface area contributed by atoms with Crippen molar-refractivity contribution in [3.05, 3.63) is 101 Å². The van der Waals surface area contributed by atoms with Crippen LogP contribution in [0.4, 0.5) is 8.78 Å². The van der Waals surface area contributed by atoms with E-state index in [0.717, 1.165) is 22.8 Å². The number of aryl methyl sites for hydroxylation is 1. The molecule has 210 valence electrons. The van der Waals surface area contributed by atoms with Crippen LogP contribution < -0.4 is 4.74 Å². The van der Waals surface area contributed by atoms with Crippen LogP contribution >= 0.6 is 0 Å². The van der Waals surface area contributed by atoms with E-state index in [0.29, 0.717) is 37.6 Å². The summed E-state index contributed by atoms with van der Waals surface area (Å²) in [4.78, 5) is 18.3. The van der Waals surface area contributed by atoms with Gasteiger partial charge in [0.1, 0.15) is 17.1 Å². The van der Waals surface area contributed by atoms with E-state index in [1.54, 1.807) is 31.2 Å². The van der Waals surface area contributed by atoms with Crippen LogP contribution in [0.3, 0.4) is 0 Å². The predicted molar refractivity (Wildman–Crippen MR) is 151 cm³/mol. The summed E-state index contributed by atoms with van der Waals surface area (Å²) >= 11 is 0. The number of carbonyl (C=O) groups is 1. The number of aromatic carboxylic acids is 1. The number of imidazole rings is 1. The molecular formula is C32H28F2N2O5. The van der Waals surface area contributed by atoms with E-state index in [1.165, 1.54) is 6.07 Å². The summed E-state index contributed by atoms with van der Waals surface area (Å²) in [5.74, 6) is -2.49. The van der Waals surface area contributed by atoms with Crippen LogP contribution in [-0.2, 0) is 16.1 Å². The summed E-state index contributed by atoms with van der Waals surface area (Å²) < 4.78 is 47.2. The second-order valence-corrected chi connectivity index (χ2v) is 9.39. The average Bonchev–Trinajstić information content (AvgIpc) is 3.37. The molecule has 0 unspecified atom stereocenters. The highest BCUT2D eigenvalue weighted by atomic mass is 19.1. The molecule has 0 saturated heterocycles. The molecule has 9 heteroatoms. The Balaban J connectivity index is 1.34. The summed E-state index contributed by atoms with van der Waals surface area (Å²) in [6, 6.07) is 20.4. The lowest BCUT2D eigenvalue weighted by atomic mass is 9.98. The minimum Gasteiger partial charge on any atom is -0.478 e. The van der Waals surface area contributed by atoms with Gasteiger partial charge in [-0.2, -0.15) is 4.98 Å². The van der Waals surface area contributed by atoms with Gasteiger partial charge in [-0.05, 0) is 53.8 Å². The van der Waals surface area contributed by atoms with Gasteiger partial charge in [-0.1, -0.05) is 54.6 Å². The number of hydrogen-bond donors (Lipinski definition) is 2. The number of ether oxygens (including phenoxy) is 3. The maximum atomic E-state index is 15.6. The Morgan fingerprint density at radius 1 is 0.902 bits per heavy atom. The number of carboxylic acid groups (broad SMARTS) is 1. The summed E-state index contributed by atoms with van der Waals surface area (Å²) in [7, 11) is 0. The summed E-state index contributed by atoms with van der Waals surface area (Å²) in [5.41, 5.74) is 3.70. The zero-order valence-corrected chi connectivity index (χ0v) is 22.5. The van der Waals surface area contributed by atoms with Gasteiger partial charge in [0.05, 0.1) is 36.5 Å². The molecule has 0 saturated carbocycles. The van der Waals surface area contributed by atoms with Gasteiger partial charge in [-0.15, -0.1) is 0 Å². The smallest absolute Gasteiger partial charge is 0.336 e. The van der Waals surface area contributed by atoms with E-state index in [2.05, 4.69) is 9.97 Å². The van der Waals surface area contributed by atoms with Gasteiger partial charge in [-0.3, -0.25) is 0 Å². The molecule has 1 aromatic heterocycles. The number of aromatic amines is 1. The standard InChI is InChI=1S/C32H28F2N2O5/c1-3-39-14-15-40-18-20-5-7-21(8-6-20)22-9-11-23(12-10-22)28-26(33)17-27-30(29(28)34)36-32(35-27)41-24-13-4-19(2)25(16-24)31(37)38/h4-13,16-17H,3,14-15,18H2,1-2H3,(H,35,36)(H,37,38). The van der Waals surface area contributed by atoms with E-state index in [9.17, 15) is 9.90 Å². The maximum absolute atomic E-state index is 15.6. The molecule has 0 amide bonds. The zero-order chi connectivity index (χ0) is 28.9. The molecule has 0 aliphatic carbocycles. The summed E-state index contributed by atoms with van der Waals surface area (Å²) in [6.45, 7) is 5.85. The van der Waals surface area contributed by atoms with Crippen molar-refractivity contribution in [2.75, 3.05) is 19.8 Å². The molecule has 0 radical (unpaired) electrons. The van der Waals surface area contributed by atoms with Gasteiger partial charge in [0.2, 0.25) is 0 Å². The Morgan fingerprint density at radius 2 is 1.56 bits per heavy atom. The molecule has 41 heavy (non-hydrogen) atoms. The van der Waals surface area contributed by atoms with Crippen molar-refractivity contribution in [2.24, 2.45) is 0 Å². The van der Waals surface area contributed by atoms with E-state index in [1.807, 2.05) is 43.3 Å². The van der Waals surface area contributed by atoms with E-state index >= 15 is 8.78 Å². The Morgan fingerprint density at radius 3 is 2.24 bits per heavy atom. The van der Waals surface area contributed by atoms with Crippen molar-refractivity contribution in [1.82, 2.24) is 9.97 Å². The van der Waals surface area contributed by atoms with Crippen LogP contribution in [0.25, 0.3) is 33.3 Å². The molecule has 0 fully saturated rings. The minimum absolute atomic E-state index is 0.0693. The molecule has 0 aliphatic rings. The molecule has 0 aliphatic heterocycles. The maximum Gasteiger partial charge on any atom is 0.336 e. The molecule has 4 aromatic carbocycles. The molecule has 5 aromatic rings. The van der Waals surface area contributed by atoms with Gasteiger partial charge < -0.3 is 24.3 Å². The highest BCUT2D eigenvalue weighted by molar-refractivity contribution is 5.90. The molecule has 2 N–H and O–H groups in total. The lowest BCUT2D eigenvalue weighted by molar-refractivity contribution is 0.0453. The monoisotopic (exact) mass is 558 g/mol. The fourth-order valence-electron chi connectivity index (χ4n) is 4.45. The van der Waals surface area contributed by atoms with Crippen LogP contribution in [0.2, 0.25) is 0 Å². The fraction of sp³-hybridized carbons (Fsp3) is 0.188. The third kappa shape index (κ3) is 6.26. The second kappa shape index (κ2) is 12.3. The van der Waals surface area contributed by atoms with Gasteiger partial charge in [0, 0.05) is 12.7 Å². The van der Waals surface area contributed by atoms with Crippen LogP contribution in [0, 0.1) is 18.6 Å². The predicted octanol–water partition coefficient (Wildman–Crippen LogP) is 7.53. The van der Waals surface area contributed by atoms with Crippen LogP contribution in [0.5, 0.6) is 11.8 Å². The van der Waals surface area contributed by atoms with Crippen molar-refractivity contribution in [3.63, 3.8) is 0 Å². The fourth-order valence-corrected chi connectivity index (χ4v) is 4.45. The molecular weight excluding hydrogens is 530 g/mol. The summed E-state index contributed by atoms with van der Waals surface area (Å²) in [6.07, 6.45) is 0. The number of halogens is 2. The van der Waals surface area contributed by atoms with Crippen LogP contribution in [0.15, 0.2) is 72.8 Å².